The summed E-state index contributed by atoms with van der Waals surface area (Å²) in [7, 11) is 5.27. The van der Waals surface area contributed by atoms with Gasteiger partial charge in [-0.1, -0.05) is 35.9 Å². The minimum Gasteiger partial charge on any atom is -0.507 e. The van der Waals surface area contributed by atoms with Crippen molar-refractivity contribution in [1.82, 2.24) is 9.80 Å². The van der Waals surface area contributed by atoms with Crippen LogP contribution in [0.3, 0.4) is 0 Å². The molecule has 3 rings (SSSR count). The predicted octanol–water partition coefficient (Wildman–Crippen LogP) is 3.33. The summed E-state index contributed by atoms with van der Waals surface area (Å²) in [6.07, 6.45) is 0. The molecule has 6 nitrogen and oxygen atoms in total. The molecule has 1 fully saturated rings. The number of para-hydroxylation sites is 1. The van der Waals surface area contributed by atoms with Crippen molar-refractivity contribution in [1.29, 1.82) is 0 Å². The van der Waals surface area contributed by atoms with Gasteiger partial charge < -0.3 is 19.6 Å². The van der Waals surface area contributed by atoms with Gasteiger partial charge in [0, 0.05) is 18.1 Å². The van der Waals surface area contributed by atoms with E-state index >= 15 is 0 Å². The number of aliphatic hydroxyl groups excluding tert-OH is 1. The Kier molecular flexibility index (Phi) is 6.25. The number of rotatable bonds is 6. The van der Waals surface area contributed by atoms with Crippen LogP contribution >= 0.6 is 11.6 Å². The molecule has 0 saturated carbocycles. The molecular weight excluding hydrogens is 392 g/mol. The van der Waals surface area contributed by atoms with Crippen molar-refractivity contribution >= 4 is 29.1 Å². The second-order valence-electron chi connectivity index (χ2n) is 7.05. The number of ether oxygens (including phenoxy) is 1. The lowest BCUT2D eigenvalue weighted by Crippen LogP contribution is -2.35. The molecule has 0 aliphatic carbocycles. The van der Waals surface area contributed by atoms with Gasteiger partial charge in [0.1, 0.15) is 11.5 Å². The maximum absolute atomic E-state index is 12.9. The lowest BCUT2D eigenvalue weighted by atomic mass is 9.95. The van der Waals surface area contributed by atoms with E-state index in [-0.39, 0.29) is 11.3 Å². The Balaban J connectivity index is 2.17. The molecule has 0 radical (unpaired) electrons. The summed E-state index contributed by atoms with van der Waals surface area (Å²) < 4.78 is 5.32. The summed E-state index contributed by atoms with van der Waals surface area (Å²) >= 11 is 6.02. The lowest BCUT2D eigenvalue weighted by Gasteiger charge is -2.26. The highest BCUT2D eigenvalue weighted by molar-refractivity contribution is 6.46. The largest absolute Gasteiger partial charge is 0.507 e. The lowest BCUT2D eigenvalue weighted by molar-refractivity contribution is -0.140. The normalized spacial score (nSPS) is 18.5. The molecule has 7 heteroatoms. The highest BCUT2D eigenvalue weighted by Crippen LogP contribution is 2.40. The molecule has 1 amide bonds. The summed E-state index contributed by atoms with van der Waals surface area (Å²) in [4.78, 5) is 29.2. The van der Waals surface area contributed by atoms with Crippen LogP contribution < -0.4 is 4.74 Å². The number of amides is 1. The zero-order valence-corrected chi connectivity index (χ0v) is 17.3. The molecule has 1 aliphatic rings. The molecule has 1 unspecified atom stereocenters. The van der Waals surface area contributed by atoms with Crippen molar-refractivity contribution in [3.8, 4) is 5.75 Å². The number of ketones is 1. The van der Waals surface area contributed by atoms with Gasteiger partial charge in [0.15, 0.2) is 0 Å². The predicted molar refractivity (Wildman–Crippen MR) is 112 cm³/mol. The van der Waals surface area contributed by atoms with E-state index in [1.54, 1.807) is 48.5 Å². The number of carbonyl (C=O) groups excluding carboxylic acids is 2. The van der Waals surface area contributed by atoms with Crippen LogP contribution in [0.5, 0.6) is 5.75 Å². The minimum atomic E-state index is -0.716. The standard InChI is InChI=1S/C22H23ClN2O4/c1-24(2)12-13-25-19(14-8-10-15(23)11-9-14)18(21(27)22(25)28)20(26)16-6-4-5-7-17(16)29-3/h4-11,19,26H,12-13H2,1-3H3/b20-18-. The van der Waals surface area contributed by atoms with Crippen molar-refractivity contribution in [2.45, 2.75) is 6.04 Å². The van der Waals surface area contributed by atoms with Gasteiger partial charge in [0.05, 0.1) is 24.3 Å². The summed E-state index contributed by atoms with van der Waals surface area (Å²) in [5, 5.41) is 11.6. The van der Waals surface area contributed by atoms with Crippen molar-refractivity contribution in [3.63, 3.8) is 0 Å². The number of hydrogen-bond acceptors (Lipinski definition) is 5. The molecule has 1 aliphatic heterocycles. The highest BCUT2D eigenvalue weighted by atomic mass is 35.5. The van der Waals surface area contributed by atoms with Crippen LogP contribution in [0.1, 0.15) is 17.2 Å². The number of halogens is 1. The second-order valence-corrected chi connectivity index (χ2v) is 7.48. The summed E-state index contributed by atoms with van der Waals surface area (Å²) in [6, 6.07) is 13.1. The fourth-order valence-electron chi connectivity index (χ4n) is 3.40. The Hall–Kier alpha value is -2.83. The van der Waals surface area contributed by atoms with E-state index in [9.17, 15) is 14.7 Å². The molecule has 0 spiro atoms. The van der Waals surface area contributed by atoms with Gasteiger partial charge in [-0.05, 0) is 43.9 Å². The number of nitrogens with zero attached hydrogens (tertiary/aromatic N) is 2. The molecule has 29 heavy (non-hydrogen) atoms. The first-order valence-corrected chi connectivity index (χ1v) is 9.55. The molecule has 2 aromatic carbocycles. The monoisotopic (exact) mass is 414 g/mol. The Morgan fingerprint density at radius 3 is 2.41 bits per heavy atom. The SMILES string of the molecule is COc1ccccc1/C(O)=C1/C(=O)C(=O)N(CCN(C)C)C1c1ccc(Cl)cc1. The van der Waals surface area contributed by atoms with Crippen LogP contribution in [0.25, 0.3) is 5.76 Å². The van der Waals surface area contributed by atoms with E-state index in [4.69, 9.17) is 16.3 Å². The van der Waals surface area contributed by atoms with Crippen LogP contribution in [0.4, 0.5) is 0 Å². The van der Waals surface area contributed by atoms with Gasteiger partial charge in [-0.25, -0.2) is 0 Å². The number of carbonyl (C=O) groups is 2. The summed E-state index contributed by atoms with van der Waals surface area (Å²) in [6.45, 7) is 0.916. The zero-order valence-electron chi connectivity index (χ0n) is 16.6. The van der Waals surface area contributed by atoms with Crippen LogP contribution in [-0.2, 0) is 9.59 Å². The maximum Gasteiger partial charge on any atom is 0.295 e. The fourth-order valence-corrected chi connectivity index (χ4v) is 3.52. The molecule has 152 valence electrons. The third kappa shape index (κ3) is 4.13. The first-order chi connectivity index (χ1) is 13.8. The zero-order chi connectivity index (χ0) is 21.1. The molecule has 1 heterocycles. The Labute approximate surface area is 174 Å². The topological polar surface area (TPSA) is 70.1 Å². The number of aliphatic hydroxyl groups is 1. The summed E-state index contributed by atoms with van der Waals surface area (Å²) in [5.74, 6) is -1.19. The van der Waals surface area contributed by atoms with Crippen LogP contribution in [0.15, 0.2) is 54.1 Å². The van der Waals surface area contributed by atoms with E-state index in [0.29, 0.717) is 35.0 Å². The highest BCUT2D eigenvalue weighted by Gasteiger charge is 2.46. The molecule has 1 saturated heterocycles. The van der Waals surface area contributed by atoms with Crippen LogP contribution in [0, 0.1) is 0 Å². The summed E-state index contributed by atoms with van der Waals surface area (Å²) in [5.41, 5.74) is 1.10. The van der Waals surface area contributed by atoms with Crippen LogP contribution in [0.2, 0.25) is 5.02 Å². The van der Waals surface area contributed by atoms with E-state index in [2.05, 4.69) is 0 Å². The Morgan fingerprint density at radius 1 is 1.14 bits per heavy atom. The average Bonchev–Trinajstić information content (AvgIpc) is 2.97. The third-order valence-electron chi connectivity index (χ3n) is 4.88. The molecule has 1 atom stereocenters. The Bertz CT molecular complexity index is 954. The quantitative estimate of drug-likeness (QED) is 0.446. The van der Waals surface area contributed by atoms with E-state index < -0.39 is 17.7 Å². The number of likely N-dealkylation sites (N-methyl/N-ethyl adjacent to an activating group) is 1. The average molecular weight is 415 g/mol. The number of benzene rings is 2. The minimum absolute atomic E-state index is 0.0422. The molecule has 0 aromatic heterocycles. The third-order valence-corrected chi connectivity index (χ3v) is 5.13. The number of likely N-dealkylation sites (tertiary alicyclic amines) is 1. The van der Waals surface area contributed by atoms with E-state index in [0.717, 1.165) is 0 Å². The van der Waals surface area contributed by atoms with Gasteiger partial charge in [0.25, 0.3) is 11.7 Å². The second kappa shape index (κ2) is 8.68. The van der Waals surface area contributed by atoms with E-state index in [1.807, 2.05) is 19.0 Å². The fraction of sp³-hybridized carbons (Fsp3) is 0.273. The van der Waals surface area contributed by atoms with Gasteiger partial charge >= 0.3 is 0 Å². The first kappa shape index (κ1) is 20.9. The van der Waals surface area contributed by atoms with Gasteiger partial charge in [-0.15, -0.1) is 0 Å². The van der Waals surface area contributed by atoms with Crippen molar-refractivity contribution in [2.24, 2.45) is 0 Å². The smallest absolute Gasteiger partial charge is 0.295 e. The number of Topliss-reactive ketones (excluding diaryl/α,β-unsaturated/α-hetero) is 1. The van der Waals surface area contributed by atoms with Gasteiger partial charge in [0.2, 0.25) is 0 Å². The number of hydrogen-bond donors (Lipinski definition) is 1. The maximum atomic E-state index is 12.9. The van der Waals surface area contributed by atoms with Crippen molar-refractivity contribution in [3.05, 3.63) is 70.3 Å². The van der Waals surface area contributed by atoms with Crippen LogP contribution in [-0.4, -0.2) is 60.9 Å². The molecular formula is C22H23ClN2O4. The first-order valence-electron chi connectivity index (χ1n) is 9.17. The van der Waals surface area contributed by atoms with Gasteiger partial charge in [-0.3, -0.25) is 9.59 Å². The van der Waals surface area contributed by atoms with Crippen molar-refractivity contribution < 1.29 is 19.4 Å². The number of methoxy groups -OCH3 is 1. The molecule has 0 bridgehead atoms. The Morgan fingerprint density at radius 2 is 1.79 bits per heavy atom. The molecule has 2 aromatic rings. The van der Waals surface area contributed by atoms with Crippen molar-refractivity contribution in [2.75, 3.05) is 34.3 Å². The van der Waals surface area contributed by atoms with Gasteiger partial charge in [-0.2, -0.15) is 0 Å². The molecule has 1 N–H and O–H groups in total. The van der Waals surface area contributed by atoms with E-state index in [1.165, 1.54) is 12.0 Å².